The highest BCUT2D eigenvalue weighted by molar-refractivity contribution is 8.01. The molecule has 3 N–H and O–H groups in total. The van der Waals surface area contributed by atoms with Gasteiger partial charge in [-0.2, -0.15) is 0 Å². The van der Waals surface area contributed by atoms with Crippen molar-refractivity contribution in [2.24, 2.45) is 0 Å². The van der Waals surface area contributed by atoms with Crippen LogP contribution in [0.2, 0.25) is 0 Å². The van der Waals surface area contributed by atoms with Gasteiger partial charge in [-0.3, -0.25) is 19.7 Å². The molecule has 1 aromatic carbocycles. The minimum Gasteiger partial charge on any atom is -0.326 e. The first kappa shape index (κ1) is 21.0. The fraction of sp³-hybridized carbons (Fsp3) is 0.167. The fourth-order valence-corrected chi connectivity index (χ4v) is 4.53. The Balaban J connectivity index is 1.47. The molecule has 3 aromatic rings. The summed E-state index contributed by atoms with van der Waals surface area (Å²) in [5.41, 5.74) is 2.32. The Hall–Kier alpha value is -2.76. The van der Waals surface area contributed by atoms with E-state index in [1.54, 1.807) is 24.3 Å². The normalized spacial score (nSPS) is 10.4. The van der Waals surface area contributed by atoms with E-state index in [2.05, 4.69) is 26.1 Å². The Labute approximate surface area is 179 Å². The van der Waals surface area contributed by atoms with Gasteiger partial charge in [0.25, 0.3) is 5.91 Å². The average Bonchev–Trinajstić information content (AvgIpc) is 3.30. The first-order valence-corrected chi connectivity index (χ1v) is 11.1. The van der Waals surface area contributed by atoms with E-state index in [1.165, 1.54) is 41.4 Å². The lowest BCUT2D eigenvalue weighted by atomic mass is 10.3. The van der Waals surface area contributed by atoms with Crippen molar-refractivity contribution in [3.8, 4) is 0 Å². The van der Waals surface area contributed by atoms with Crippen LogP contribution >= 0.6 is 34.4 Å². The third-order valence-electron chi connectivity index (χ3n) is 3.40. The summed E-state index contributed by atoms with van der Waals surface area (Å²) in [5.74, 6) is -0.426. The third kappa shape index (κ3) is 6.38. The Morgan fingerprint density at radius 2 is 1.72 bits per heavy atom. The Morgan fingerprint density at radius 1 is 1.03 bits per heavy atom. The predicted octanol–water partition coefficient (Wildman–Crippen LogP) is 3.85. The third-order valence-corrected chi connectivity index (χ3v) is 6.42. The highest BCUT2D eigenvalue weighted by Gasteiger charge is 2.13. The van der Waals surface area contributed by atoms with Gasteiger partial charge in [-0.15, -0.1) is 21.5 Å². The topological polar surface area (TPSA) is 113 Å². The molecule has 0 aliphatic rings. The van der Waals surface area contributed by atoms with Crippen molar-refractivity contribution in [3.05, 3.63) is 46.2 Å². The van der Waals surface area contributed by atoms with Crippen LogP contribution < -0.4 is 16.0 Å². The highest BCUT2D eigenvalue weighted by atomic mass is 32.2. The Kier molecular flexibility index (Phi) is 6.96. The van der Waals surface area contributed by atoms with Crippen LogP contribution in [0, 0.1) is 6.92 Å². The van der Waals surface area contributed by atoms with E-state index in [9.17, 15) is 14.4 Å². The number of thioether (sulfide) groups is 1. The van der Waals surface area contributed by atoms with E-state index in [4.69, 9.17) is 0 Å². The molecule has 2 heterocycles. The molecule has 0 aliphatic carbocycles. The maximum Gasteiger partial charge on any atom is 0.267 e. The molecule has 8 nitrogen and oxygen atoms in total. The lowest BCUT2D eigenvalue weighted by Crippen LogP contribution is -2.14. The second-order valence-electron chi connectivity index (χ2n) is 5.91. The second kappa shape index (κ2) is 9.63. The van der Waals surface area contributed by atoms with Crippen molar-refractivity contribution in [2.75, 3.05) is 21.7 Å². The molecular formula is C18H17N5O3S3. The number of aromatic nitrogens is 2. The van der Waals surface area contributed by atoms with Crippen molar-refractivity contribution < 1.29 is 14.4 Å². The monoisotopic (exact) mass is 447 g/mol. The summed E-state index contributed by atoms with van der Waals surface area (Å²) in [6.45, 7) is 3.36. The van der Waals surface area contributed by atoms with Crippen LogP contribution in [-0.4, -0.2) is 33.7 Å². The smallest absolute Gasteiger partial charge is 0.267 e. The number of hydrogen-bond donors (Lipinski definition) is 3. The van der Waals surface area contributed by atoms with Crippen LogP contribution in [0.5, 0.6) is 0 Å². The lowest BCUT2D eigenvalue weighted by Gasteiger charge is -2.06. The van der Waals surface area contributed by atoms with Gasteiger partial charge in [0, 0.05) is 18.3 Å². The Bertz CT molecular complexity index is 1030. The molecule has 11 heteroatoms. The molecule has 150 valence electrons. The molecule has 0 radical (unpaired) electrons. The molecule has 0 fully saturated rings. The maximum atomic E-state index is 12.1. The van der Waals surface area contributed by atoms with Crippen LogP contribution in [0.15, 0.2) is 40.1 Å². The molecule has 0 saturated carbocycles. The van der Waals surface area contributed by atoms with Crippen molar-refractivity contribution in [3.63, 3.8) is 0 Å². The molecule has 0 saturated heterocycles. The van der Waals surface area contributed by atoms with E-state index in [-0.39, 0.29) is 23.5 Å². The number of aryl methyl sites for hydroxylation is 1. The summed E-state index contributed by atoms with van der Waals surface area (Å²) in [6.07, 6.45) is 0. The number of anilines is 3. The molecule has 0 aliphatic heterocycles. The van der Waals surface area contributed by atoms with Crippen molar-refractivity contribution in [2.45, 2.75) is 18.2 Å². The number of rotatable bonds is 7. The number of carbonyl (C=O) groups excluding carboxylic acids is 3. The number of amides is 3. The minimum atomic E-state index is -0.226. The van der Waals surface area contributed by atoms with E-state index < -0.39 is 0 Å². The van der Waals surface area contributed by atoms with Gasteiger partial charge in [0.2, 0.25) is 16.9 Å². The quantitative estimate of drug-likeness (QED) is 0.375. The number of nitrogens with zero attached hydrogens (tertiary/aromatic N) is 2. The first-order valence-electron chi connectivity index (χ1n) is 8.39. The fourth-order valence-electron chi connectivity index (χ4n) is 2.19. The molecule has 2 aromatic heterocycles. The van der Waals surface area contributed by atoms with Crippen LogP contribution in [0.3, 0.4) is 0 Å². The van der Waals surface area contributed by atoms with Crippen molar-refractivity contribution in [1.29, 1.82) is 0 Å². The molecule has 29 heavy (non-hydrogen) atoms. The summed E-state index contributed by atoms with van der Waals surface area (Å²) in [6, 6.07) is 8.64. The number of thiophene rings is 1. The van der Waals surface area contributed by atoms with Crippen LogP contribution in [-0.2, 0) is 9.59 Å². The second-order valence-corrected chi connectivity index (χ2v) is 9.02. The Morgan fingerprint density at radius 3 is 2.34 bits per heavy atom. The van der Waals surface area contributed by atoms with Crippen LogP contribution in [0.25, 0.3) is 0 Å². The van der Waals surface area contributed by atoms with Gasteiger partial charge in [0.05, 0.1) is 10.6 Å². The van der Waals surface area contributed by atoms with E-state index in [0.717, 1.165) is 5.56 Å². The van der Waals surface area contributed by atoms with Gasteiger partial charge in [0.15, 0.2) is 4.34 Å². The maximum absolute atomic E-state index is 12.1. The molecule has 3 amide bonds. The van der Waals surface area contributed by atoms with Crippen molar-refractivity contribution in [1.82, 2.24) is 10.2 Å². The van der Waals surface area contributed by atoms with Crippen molar-refractivity contribution >= 4 is 68.7 Å². The predicted molar refractivity (Wildman–Crippen MR) is 117 cm³/mol. The summed E-state index contributed by atoms with van der Waals surface area (Å²) < 4.78 is 0.582. The number of hydrogen-bond acceptors (Lipinski definition) is 8. The average molecular weight is 448 g/mol. The van der Waals surface area contributed by atoms with E-state index >= 15 is 0 Å². The molecule has 0 unspecified atom stereocenters. The number of nitrogens with one attached hydrogen (secondary N) is 3. The van der Waals surface area contributed by atoms with Gasteiger partial charge < -0.3 is 10.6 Å². The summed E-state index contributed by atoms with van der Waals surface area (Å²) in [4.78, 5) is 35.9. The summed E-state index contributed by atoms with van der Waals surface area (Å²) >= 11 is 3.81. The molecule has 0 spiro atoms. The standard InChI is InChI=1S/C18H17N5O3S3/c1-10-7-14(27-8-10)16(26)21-17-22-23-18(29-17)28-9-15(25)20-13-5-3-12(4-6-13)19-11(2)24/h3-8H,9H2,1-2H3,(H,19,24)(H,20,25)(H,21,22,26). The zero-order chi connectivity index (χ0) is 20.8. The number of carbonyl (C=O) groups is 3. The zero-order valence-corrected chi connectivity index (χ0v) is 18.0. The summed E-state index contributed by atoms with van der Waals surface area (Å²) in [7, 11) is 0. The SMILES string of the molecule is CC(=O)Nc1ccc(NC(=O)CSc2nnc(NC(=O)c3cc(C)cs3)s2)cc1. The molecule has 3 rings (SSSR count). The minimum absolute atomic E-state index is 0.153. The van der Waals surface area contributed by atoms with Crippen LogP contribution in [0.4, 0.5) is 16.5 Å². The van der Waals surface area contributed by atoms with Gasteiger partial charge in [-0.25, -0.2) is 0 Å². The van der Waals surface area contributed by atoms with Crippen LogP contribution in [0.1, 0.15) is 22.2 Å². The van der Waals surface area contributed by atoms with Gasteiger partial charge in [-0.05, 0) is 48.2 Å². The first-order chi connectivity index (χ1) is 13.9. The highest BCUT2D eigenvalue weighted by Crippen LogP contribution is 2.26. The molecular weight excluding hydrogens is 430 g/mol. The van der Waals surface area contributed by atoms with Gasteiger partial charge in [-0.1, -0.05) is 23.1 Å². The summed E-state index contributed by atoms with van der Waals surface area (Å²) in [5, 5.41) is 18.4. The molecule has 0 atom stereocenters. The zero-order valence-electron chi connectivity index (χ0n) is 15.5. The van der Waals surface area contributed by atoms with Gasteiger partial charge >= 0.3 is 0 Å². The van der Waals surface area contributed by atoms with Gasteiger partial charge in [0.1, 0.15) is 0 Å². The van der Waals surface area contributed by atoms with E-state index in [1.807, 2.05) is 18.4 Å². The molecule has 0 bridgehead atoms. The largest absolute Gasteiger partial charge is 0.326 e. The lowest BCUT2D eigenvalue weighted by molar-refractivity contribution is -0.114. The number of benzene rings is 1. The van der Waals surface area contributed by atoms with E-state index in [0.29, 0.717) is 25.7 Å².